The zero-order chi connectivity index (χ0) is 24.5. The first kappa shape index (κ1) is 22.7. The standard InChI is InChI=1S/C28H23ClN2O4/c1-35-21-12-8-17(9-13-21)25-24(26(32)18-6-10-20(29)11-7-18)27(33)28(34)31(25)15-14-19-16-30-23-5-3-2-4-22(19)23/h2-13,16,25,30,32H,14-15H2,1H3. The first-order valence-electron chi connectivity index (χ1n) is 11.2. The summed E-state index contributed by atoms with van der Waals surface area (Å²) in [6, 6.07) is 20.9. The number of ether oxygens (including phenoxy) is 1. The number of fused-ring (bicyclic) bond motifs is 1. The molecule has 1 unspecified atom stereocenters. The number of methoxy groups -OCH3 is 1. The zero-order valence-corrected chi connectivity index (χ0v) is 19.8. The number of para-hydroxylation sites is 1. The molecule has 6 nitrogen and oxygen atoms in total. The number of carbonyl (C=O) groups is 2. The van der Waals surface area contributed by atoms with E-state index in [1.165, 1.54) is 4.90 Å². The molecule has 3 aromatic carbocycles. The molecule has 1 amide bonds. The monoisotopic (exact) mass is 486 g/mol. The van der Waals surface area contributed by atoms with Crippen molar-refractivity contribution in [2.75, 3.05) is 13.7 Å². The van der Waals surface area contributed by atoms with Gasteiger partial charge in [0, 0.05) is 34.2 Å². The van der Waals surface area contributed by atoms with Crippen LogP contribution in [0.5, 0.6) is 5.75 Å². The molecule has 4 aromatic rings. The molecule has 0 saturated carbocycles. The summed E-state index contributed by atoms with van der Waals surface area (Å²) in [5, 5.41) is 12.7. The highest BCUT2D eigenvalue weighted by Crippen LogP contribution is 2.40. The topological polar surface area (TPSA) is 82.6 Å². The van der Waals surface area contributed by atoms with E-state index in [2.05, 4.69) is 4.98 Å². The normalized spacial score (nSPS) is 17.3. The molecule has 1 atom stereocenters. The Hall–Kier alpha value is -4.03. The Morgan fingerprint density at radius 2 is 1.74 bits per heavy atom. The summed E-state index contributed by atoms with van der Waals surface area (Å²) in [6.07, 6.45) is 2.47. The molecule has 2 heterocycles. The summed E-state index contributed by atoms with van der Waals surface area (Å²) in [5.41, 5.74) is 3.25. The highest BCUT2D eigenvalue weighted by atomic mass is 35.5. The van der Waals surface area contributed by atoms with Crippen molar-refractivity contribution in [1.29, 1.82) is 0 Å². The van der Waals surface area contributed by atoms with Crippen LogP contribution in [0.25, 0.3) is 16.7 Å². The van der Waals surface area contributed by atoms with Crippen LogP contribution in [-0.4, -0.2) is 40.3 Å². The molecular weight excluding hydrogens is 464 g/mol. The number of hydrogen-bond acceptors (Lipinski definition) is 4. The van der Waals surface area contributed by atoms with Gasteiger partial charge in [-0.1, -0.05) is 41.9 Å². The van der Waals surface area contributed by atoms with E-state index in [0.717, 1.165) is 16.5 Å². The van der Waals surface area contributed by atoms with Crippen molar-refractivity contribution in [1.82, 2.24) is 9.88 Å². The number of H-pyrrole nitrogens is 1. The summed E-state index contributed by atoms with van der Waals surface area (Å²) in [5.74, 6) is -0.920. The van der Waals surface area contributed by atoms with E-state index in [0.29, 0.717) is 34.9 Å². The summed E-state index contributed by atoms with van der Waals surface area (Å²) in [4.78, 5) is 31.2. The van der Waals surface area contributed by atoms with Crippen LogP contribution in [0.3, 0.4) is 0 Å². The molecule has 5 rings (SSSR count). The van der Waals surface area contributed by atoms with Crippen molar-refractivity contribution in [3.05, 3.63) is 106 Å². The van der Waals surface area contributed by atoms with Gasteiger partial charge in [-0.3, -0.25) is 9.59 Å². The number of ketones is 1. The molecule has 0 spiro atoms. The largest absolute Gasteiger partial charge is 0.507 e. The Balaban J connectivity index is 1.56. The highest BCUT2D eigenvalue weighted by Gasteiger charge is 2.45. The first-order valence-corrected chi connectivity index (χ1v) is 11.6. The molecule has 176 valence electrons. The average Bonchev–Trinajstić information content (AvgIpc) is 3.41. The van der Waals surface area contributed by atoms with Crippen LogP contribution >= 0.6 is 11.6 Å². The SMILES string of the molecule is COc1ccc(C2C(=C(O)c3ccc(Cl)cc3)C(=O)C(=O)N2CCc2c[nH]c3ccccc23)cc1. The number of aliphatic hydroxyl groups is 1. The number of aromatic amines is 1. The second-order valence-electron chi connectivity index (χ2n) is 8.38. The second-order valence-corrected chi connectivity index (χ2v) is 8.82. The van der Waals surface area contributed by atoms with E-state index in [-0.39, 0.29) is 11.3 Å². The van der Waals surface area contributed by atoms with Gasteiger partial charge >= 0.3 is 0 Å². The number of Topliss-reactive ketones (excluding diaryl/α,β-unsaturated/α-hetero) is 1. The maximum atomic E-state index is 13.2. The van der Waals surface area contributed by atoms with Gasteiger partial charge in [0.05, 0.1) is 18.7 Å². The maximum Gasteiger partial charge on any atom is 0.295 e. The minimum atomic E-state index is -0.734. The summed E-state index contributed by atoms with van der Waals surface area (Å²) in [6.45, 7) is 0.306. The lowest BCUT2D eigenvalue weighted by atomic mass is 9.95. The third-order valence-corrected chi connectivity index (χ3v) is 6.64. The smallest absolute Gasteiger partial charge is 0.295 e. The van der Waals surface area contributed by atoms with E-state index < -0.39 is 17.7 Å². The molecule has 1 aliphatic rings. The Bertz CT molecular complexity index is 1440. The number of nitrogens with zero attached hydrogens (tertiary/aromatic N) is 1. The molecule has 7 heteroatoms. The van der Waals surface area contributed by atoms with Crippen LogP contribution in [0.2, 0.25) is 5.02 Å². The fraction of sp³-hybridized carbons (Fsp3) is 0.143. The predicted octanol–water partition coefficient (Wildman–Crippen LogP) is 5.49. The van der Waals surface area contributed by atoms with Crippen molar-refractivity contribution in [3.8, 4) is 5.75 Å². The molecule has 0 aliphatic carbocycles. The van der Waals surface area contributed by atoms with Crippen LogP contribution in [0, 0.1) is 0 Å². The maximum absolute atomic E-state index is 13.2. The number of likely N-dealkylation sites (tertiary alicyclic amines) is 1. The van der Waals surface area contributed by atoms with Crippen LogP contribution in [-0.2, 0) is 16.0 Å². The van der Waals surface area contributed by atoms with Gasteiger partial charge in [0.25, 0.3) is 11.7 Å². The number of halogens is 1. The minimum Gasteiger partial charge on any atom is -0.507 e. The Morgan fingerprint density at radius 1 is 1.03 bits per heavy atom. The Kier molecular flexibility index (Phi) is 6.05. The van der Waals surface area contributed by atoms with E-state index in [4.69, 9.17) is 16.3 Å². The fourth-order valence-electron chi connectivity index (χ4n) is 4.59. The first-order chi connectivity index (χ1) is 17.0. The van der Waals surface area contributed by atoms with Gasteiger partial charge in [-0.25, -0.2) is 0 Å². The second kappa shape index (κ2) is 9.31. The van der Waals surface area contributed by atoms with Crippen molar-refractivity contribution in [2.24, 2.45) is 0 Å². The van der Waals surface area contributed by atoms with E-state index in [9.17, 15) is 14.7 Å². The van der Waals surface area contributed by atoms with Gasteiger partial charge in [0.1, 0.15) is 11.5 Å². The summed E-state index contributed by atoms with van der Waals surface area (Å²) < 4.78 is 5.27. The number of carbonyl (C=O) groups excluding carboxylic acids is 2. The number of aliphatic hydroxyl groups excluding tert-OH is 1. The molecule has 2 N–H and O–H groups in total. The zero-order valence-electron chi connectivity index (χ0n) is 19.0. The van der Waals surface area contributed by atoms with Crippen LogP contribution in [0.4, 0.5) is 0 Å². The van der Waals surface area contributed by atoms with E-state index >= 15 is 0 Å². The van der Waals surface area contributed by atoms with Gasteiger partial charge in [0.2, 0.25) is 0 Å². The van der Waals surface area contributed by atoms with Gasteiger partial charge < -0.3 is 19.7 Å². The molecular formula is C28H23ClN2O4. The average molecular weight is 487 g/mol. The third kappa shape index (κ3) is 4.17. The predicted molar refractivity (Wildman–Crippen MR) is 135 cm³/mol. The molecule has 0 radical (unpaired) electrons. The number of aromatic nitrogens is 1. The van der Waals surface area contributed by atoms with Gasteiger partial charge in [-0.2, -0.15) is 0 Å². The van der Waals surface area contributed by atoms with Gasteiger partial charge in [-0.15, -0.1) is 0 Å². The van der Waals surface area contributed by atoms with Gasteiger partial charge in [-0.05, 0) is 60.0 Å². The lowest BCUT2D eigenvalue weighted by molar-refractivity contribution is -0.139. The number of amides is 1. The molecule has 1 fully saturated rings. The third-order valence-electron chi connectivity index (χ3n) is 6.39. The number of hydrogen-bond donors (Lipinski definition) is 2. The van der Waals surface area contributed by atoms with Crippen LogP contribution in [0.15, 0.2) is 84.6 Å². The number of rotatable bonds is 6. The van der Waals surface area contributed by atoms with Crippen LogP contribution < -0.4 is 4.74 Å². The number of benzene rings is 3. The van der Waals surface area contributed by atoms with Crippen molar-refractivity contribution >= 4 is 40.0 Å². The van der Waals surface area contributed by atoms with Gasteiger partial charge in [0.15, 0.2) is 0 Å². The molecule has 1 aromatic heterocycles. The fourth-order valence-corrected chi connectivity index (χ4v) is 4.71. The summed E-state index contributed by atoms with van der Waals surface area (Å²) in [7, 11) is 1.57. The Labute approximate surface area is 207 Å². The molecule has 0 bridgehead atoms. The van der Waals surface area contributed by atoms with Crippen molar-refractivity contribution in [3.63, 3.8) is 0 Å². The molecule has 1 aliphatic heterocycles. The number of nitrogens with one attached hydrogen (secondary N) is 1. The van der Waals surface area contributed by atoms with Crippen molar-refractivity contribution in [2.45, 2.75) is 12.5 Å². The van der Waals surface area contributed by atoms with Crippen molar-refractivity contribution < 1.29 is 19.4 Å². The van der Waals surface area contributed by atoms with Crippen LogP contribution in [0.1, 0.15) is 22.7 Å². The highest BCUT2D eigenvalue weighted by molar-refractivity contribution is 6.46. The molecule has 35 heavy (non-hydrogen) atoms. The molecule has 1 saturated heterocycles. The quantitative estimate of drug-likeness (QED) is 0.214. The summed E-state index contributed by atoms with van der Waals surface area (Å²) >= 11 is 5.99. The van der Waals surface area contributed by atoms with E-state index in [1.807, 2.05) is 42.6 Å². The Morgan fingerprint density at radius 3 is 2.46 bits per heavy atom. The minimum absolute atomic E-state index is 0.0569. The van der Waals surface area contributed by atoms with E-state index in [1.54, 1.807) is 43.5 Å². The lowest BCUT2D eigenvalue weighted by Gasteiger charge is -2.25. The lowest BCUT2D eigenvalue weighted by Crippen LogP contribution is -2.31.